The SMILES string of the molecule is CC(=O)NC(Cc1c[nH]c2ccccc12)C(=O)NC(C)c1ccc2c(c1)OCCO2. The molecular formula is C23H25N3O4. The van der Waals surface area contributed by atoms with E-state index in [9.17, 15) is 9.59 Å². The fraction of sp³-hybridized carbons (Fsp3) is 0.304. The van der Waals surface area contributed by atoms with Gasteiger partial charge in [-0.3, -0.25) is 9.59 Å². The number of carbonyl (C=O) groups is 2. The molecule has 2 amide bonds. The molecule has 2 aromatic carbocycles. The number of para-hydroxylation sites is 1. The molecule has 2 atom stereocenters. The second-order valence-corrected chi connectivity index (χ2v) is 7.45. The number of hydrogen-bond donors (Lipinski definition) is 3. The van der Waals surface area contributed by atoms with Crippen LogP contribution in [0.3, 0.4) is 0 Å². The van der Waals surface area contributed by atoms with E-state index in [0.717, 1.165) is 22.0 Å². The maximum Gasteiger partial charge on any atom is 0.243 e. The standard InChI is InChI=1S/C23H25N3O4/c1-14(16-7-8-21-22(12-16)30-10-9-29-21)25-23(28)20(26-15(2)27)11-17-13-24-19-6-4-3-5-18(17)19/h3-8,12-14,20,24H,9-11H2,1-2H3,(H,25,28)(H,26,27). The number of ether oxygens (including phenoxy) is 2. The van der Waals surface area contributed by atoms with Gasteiger partial charge in [-0.1, -0.05) is 24.3 Å². The van der Waals surface area contributed by atoms with Crippen molar-refractivity contribution in [2.45, 2.75) is 32.4 Å². The number of nitrogens with one attached hydrogen (secondary N) is 3. The molecule has 3 N–H and O–H groups in total. The van der Waals surface area contributed by atoms with Crippen molar-refractivity contribution in [2.24, 2.45) is 0 Å². The van der Waals surface area contributed by atoms with E-state index in [1.54, 1.807) is 0 Å². The number of aromatic amines is 1. The highest BCUT2D eigenvalue weighted by Gasteiger charge is 2.24. The first kappa shape index (κ1) is 19.8. The minimum atomic E-state index is -0.679. The summed E-state index contributed by atoms with van der Waals surface area (Å²) in [5.74, 6) is 0.899. The van der Waals surface area contributed by atoms with Gasteiger partial charge in [-0.05, 0) is 36.2 Å². The molecule has 1 aliphatic rings. The summed E-state index contributed by atoms with van der Waals surface area (Å²) in [4.78, 5) is 28.0. The summed E-state index contributed by atoms with van der Waals surface area (Å²) in [6.07, 6.45) is 2.28. The first-order valence-corrected chi connectivity index (χ1v) is 10.0. The molecule has 156 valence electrons. The van der Waals surface area contributed by atoms with Gasteiger partial charge in [0.1, 0.15) is 19.3 Å². The first-order chi connectivity index (χ1) is 14.5. The zero-order chi connectivity index (χ0) is 21.1. The molecule has 7 nitrogen and oxygen atoms in total. The Hall–Kier alpha value is -3.48. The van der Waals surface area contributed by atoms with Gasteiger partial charge in [0.25, 0.3) is 0 Å². The maximum absolute atomic E-state index is 13.0. The third-order valence-electron chi connectivity index (χ3n) is 5.22. The maximum atomic E-state index is 13.0. The highest BCUT2D eigenvalue weighted by molar-refractivity contribution is 5.89. The summed E-state index contributed by atoms with van der Waals surface area (Å²) >= 11 is 0. The number of H-pyrrole nitrogens is 1. The second-order valence-electron chi connectivity index (χ2n) is 7.45. The monoisotopic (exact) mass is 407 g/mol. The Balaban J connectivity index is 1.50. The molecular weight excluding hydrogens is 382 g/mol. The van der Waals surface area contributed by atoms with Gasteiger partial charge in [0.15, 0.2) is 11.5 Å². The van der Waals surface area contributed by atoms with Gasteiger partial charge in [0.05, 0.1) is 6.04 Å². The van der Waals surface area contributed by atoms with Gasteiger partial charge in [-0.15, -0.1) is 0 Å². The summed E-state index contributed by atoms with van der Waals surface area (Å²) in [5.41, 5.74) is 2.88. The van der Waals surface area contributed by atoms with Crippen molar-refractivity contribution in [3.63, 3.8) is 0 Å². The van der Waals surface area contributed by atoms with E-state index in [4.69, 9.17) is 9.47 Å². The van der Waals surface area contributed by atoms with Crippen molar-refractivity contribution in [1.82, 2.24) is 15.6 Å². The summed E-state index contributed by atoms with van der Waals surface area (Å²) in [6, 6.07) is 12.6. The molecule has 0 bridgehead atoms. The lowest BCUT2D eigenvalue weighted by molar-refractivity contribution is -0.128. The number of rotatable bonds is 6. The number of amides is 2. The molecule has 1 aliphatic heterocycles. The lowest BCUT2D eigenvalue weighted by Crippen LogP contribution is -2.47. The molecule has 0 saturated heterocycles. The van der Waals surface area contributed by atoms with Crippen LogP contribution in [0.25, 0.3) is 10.9 Å². The Morgan fingerprint density at radius 1 is 1.07 bits per heavy atom. The zero-order valence-electron chi connectivity index (χ0n) is 17.0. The van der Waals surface area contributed by atoms with Crippen molar-refractivity contribution in [1.29, 1.82) is 0 Å². The molecule has 0 saturated carbocycles. The molecule has 30 heavy (non-hydrogen) atoms. The van der Waals surface area contributed by atoms with Crippen LogP contribution in [-0.2, 0) is 16.0 Å². The van der Waals surface area contributed by atoms with Crippen LogP contribution in [0, 0.1) is 0 Å². The zero-order valence-corrected chi connectivity index (χ0v) is 17.0. The molecule has 2 heterocycles. The second kappa shape index (κ2) is 8.49. The van der Waals surface area contributed by atoms with Crippen molar-refractivity contribution < 1.29 is 19.1 Å². The number of aromatic nitrogens is 1. The van der Waals surface area contributed by atoms with Crippen molar-refractivity contribution >= 4 is 22.7 Å². The van der Waals surface area contributed by atoms with Crippen LogP contribution in [0.1, 0.15) is 31.0 Å². The van der Waals surface area contributed by atoms with Crippen molar-refractivity contribution in [3.8, 4) is 11.5 Å². The normalized spacial score (nSPS) is 14.7. The Labute approximate surface area is 174 Å². The third kappa shape index (κ3) is 4.25. The van der Waals surface area contributed by atoms with Crippen LogP contribution in [0.15, 0.2) is 48.7 Å². The van der Waals surface area contributed by atoms with E-state index in [-0.39, 0.29) is 17.9 Å². The van der Waals surface area contributed by atoms with Gasteiger partial charge in [-0.2, -0.15) is 0 Å². The number of benzene rings is 2. The topological polar surface area (TPSA) is 92.5 Å². The Morgan fingerprint density at radius 3 is 2.63 bits per heavy atom. The van der Waals surface area contributed by atoms with Crippen LogP contribution in [0.2, 0.25) is 0 Å². The molecule has 4 rings (SSSR count). The molecule has 3 aromatic rings. The van der Waals surface area contributed by atoms with Crippen LogP contribution in [-0.4, -0.2) is 36.1 Å². The molecule has 1 aromatic heterocycles. The Morgan fingerprint density at radius 2 is 1.83 bits per heavy atom. The van der Waals surface area contributed by atoms with Gasteiger partial charge < -0.3 is 25.1 Å². The molecule has 0 spiro atoms. The van der Waals surface area contributed by atoms with Crippen molar-refractivity contribution in [3.05, 3.63) is 59.8 Å². The number of carbonyl (C=O) groups excluding carboxylic acids is 2. The fourth-order valence-corrected chi connectivity index (χ4v) is 3.70. The quantitative estimate of drug-likeness (QED) is 0.586. The average molecular weight is 407 g/mol. The van der Waals surface area contributed by atoms with Gasteiger partial charge >= 0.3 is 0 Å². The largest absolute Gasteiger partial charge is 0.486 e. The van der Waals surface area contributed by atoms with E-state index in [2.05, 4.69) is 15.6 Å². The molecule has 7 heteroatoms. The minimum absolute atomic E-state index is 0.238. The summed E-state index contributed by atoms with van der Waals surface area (Å²) in [5, 5.41) is 6.83. The van der Waals surface area contributed by atoms with Gasteiger partial charge in [-0.25, -0.2) is 0 Å². The predicted octanol–water partition coefficient (Wildman–Crippen LogP) is 2.86. The lowest BCUT2D eigenvalue weighted by Gasteiger charge is -2.23. The van der Waals surface area contributed by atoms with Crippen molar-refractivity contribution in [2.75, 3.05) is 13.2 Å². The van der Waals surface area contributed by atoms with E-state index >= 15 is 0 Å². The predicted molar refractivity (Wildman–Crippen MR) is 114 cm³/mol. The van der Waals surface area contributed by atoms with E-state index in [1.807, 2.05) is 55.6 Å². The van der Waals surface area contributed by atoms with E-state index in [1.165, 1.54) is 6.92 Å². The van der Waals surface area contributed by atoms with E-state index < -0.39 is 6.04 Å². The molecule has 0 fully saturated rings. The lowest BCUT2D eigenvalue weighted by atomic mass is 10.0. The first-order valence-electron chi connectivity index (χ1n) is 10.0. The van der Waals surface area contributed by atoms with Crippen LogP contribution >= 0.6 is 0 Å². The molecule has 0 radical (unpaired) electrons. The summed E-state index contributed by atoms with van der Waals surface area (Å²) in [7, 11) is 0. The van der Waals surface area contributed by atoms with Crippen LogP contribution in [0.4, 0.5) is 0 Å². The van der Waals surface area contributed by atoms with Crippen LogP contribution in [0.5, 0.6) is 11.5 Å². The van der Waals surface area contributed by atoms with Gasteiger partial charge in [0, 0.05) is 30.4 Å². The molecule has 0 aliphatic carbocycles. The molecule has 2 unspecified atom stereocenters. The smallest absolute Gasteiger partial charge is 0.243 e. The highest BCUT2D eigenvalue weighted by Crippen LogP contribution is 2.32. The Bertz CT molecular complexity index is 1080. The summed E-state index contributed by atoms with van der Waals surface area (Å²) in [6.45, 7) is 4.36. The average Bonchev–Trinajstić information content (AvgIpc) is 3.15. The third-order valence-corrected chi connectivity index (χ3v) is 5.22. The Kier molecular flexibility index (Phi) is 5.61. The van der Waals surface area contributed by atoms with Crippen LogP contribution < -0.4 is 20.1 Å². The van der Waals surface area contributed by atoms with Gasteiger partial charge in [0.2, 0.25) is 11.8 Å². The summed E-state index contributed by atoms with van der Waals surface area (Å²) < 4.78 is 11.2. The van der Waals surface area contributed by atoms with E-state index in [0.29, 0.717) is 31.1 Å². The highest BCUT2D eigenvalue weighted by atomic mass is 16.6. The fourth-order valence-electron chi connectivity index (χ4n) is 3.70. The number of fused-ring (bicyclic) bond motifs is 2. The number of hydrogen-bond acceptors (Lipinski definition) is 4. The minimum Gasteiger partial charge on any atom is -0.486 e.